The second-order valence-corrected chi connectivity index (χ2v) is 5.10. The maximum atomic E-state index is 6.07. The van der Waals surface area contributed by atoms with Gasteiger partial charge in [0.2, 0.25) is 0 Å². The molecule has 0 aliphatic carbocycles. The van der Waals surface area contributed by atoms with Gasteiger partial charge in [0.25, 0.3) is 0 Å². The molecule has 1 atom stereocenters. The zero-order valence-corrected chi connectivity index (χ0v) is 11.2. The summed E-state index contributed by atoms with van der Waals surface area (Å²) in [7, 11) is 0. The van der Waals surface area contributed by atoms with Gasteiger partial charge in [0, 0.05) is 0 Å². The number of nitrogens with zero attached hydrogens (tertiary/aromatic N) is 4. The highest BCUT2D eigenvalue weighted by Gasteiger charge is 2.12. The van der Waals surface area contributed by atoms with Crippen LogP contribution in [0.1, 0.15) is 23.7 Å². The third-order valence-corrected chi connectivity index (χ3v) is 3.31. The fourth-order valence-electron chi connectivity index (χ4n) is 2.20. The van der Waals surface area contributed by atoms with E-state index < -0.39 is 0 Å². The van der Waals surface area contributed by atoms with E-state index in [0.717, 1.165) is 0 Å². The van der Waals surface area contributed by atoms with Gasteiger partial charge in [-0.1, -0.05) is 42.5 Å². The fourth-order valence-corrected chi connectivity index (χ4v) is 2.36. The Balaban J connectivity index is 2.04. The summed E-state index contributed by atoms with van der Waals surface area (Å²) in [5, 5.41) is 13.9. The van der Waals surface area contributed by atoms with Crippen molar-refractivity contribution in [1.29, 1.82) is 0 Å². The van der Waals surface area contributed by atoms with Gasteiger partial charge in [0.05, 0.1) is 11.9 Å². The van der Waals surface area contributed by atoms with Crippen molar-refractivity contribution in [1.82, 2.24) is 20.2 Å². The topological polar surface area (TPSA) is 43.6 Å². The predicted octanol–water partition coefficient (Wildman–Crippen LogP) is 3.17. The molecule has 1 heterocycles. The summed E-state index contributed by atoms with van der Waals surface area (Å²) in [5.41, 5.74) is 1.18. The highest BCUT2D eigenvalue weighted by Crippen LogP contribution is 2.21. The molecule has 0 bridgehead atoms. The van der Waals surface area contributed by atoms with E-state index in [4.69, 9.17) is 11.6 Å². The summed E-state index contributed by atoms with van der Waals surface area (Å²) >= 11 is 6.07. The highest BCUT2D eigenvalue weighted by molar-refractivity contribution is 6.20. The van der Waals surface area contributed by atoms with Gasteiger partial charge >= 0.3 is 0 Å². The van der Waals surface area contributed by atoms with Crippen LogP contribution in [0.5, 0.6) is 0 Å². The molecule has 4 nitrogen and oxygen atoms in total. The van der Waals surface area contributed by atoms with Crippen LogP contribution in [-0.2, 0) is 6.54 Å². The second-order valence-electron chi connectivity index (χ2n) is 4.45. The number of benzene rings is 2. The lowest BCUT2D eigenvalue weighted by molar-refractivity contribution is 0.620. The monoisotopic (exact) mass is 272 g/mol. The van der Waals surface area contributed by atoms with Crippen LogP contribution in [0.3, 0.4) is 0 Å². The molecular weight excluding hydrogens is 260 g/mol. The van der Waals surface area contributed by atoms with Crippen molar-refractivity contribution >= 4 is 22.4 Å². The van der Waals surface area contributed by atoms with Crippen LogP contribution in [0.2, 0.25) is 0 Å². The smallest absolute Gasteiger partial charge is 0.169 e. The summed E-state index contributed by atoms with van der Waals surface area (Å²) in [6.07, 6.45) is 0. The minimum atomic E-state index is -0.204. The normalized spacial score (nSPS) is 12.7. The molecule has 1 aromatic heterocycles. The van der Waals surface area contributed by atoms with Gasteiger partial charge in [-0.25, -0.2) is 4.68 Å². The van der Waals surface area contributed by atoms with E-state index in [9.17, 15) is 0 Å². The van der Waals surface area contributed by atoms with Crippen LogP contribution in [0, 0.1) is 0 Å². The first-order valence-corrected chi connectivity index (χ1v) is 6.56. The zero-order chi connectivity index (χ0) is 13.2. The molecule has 0 aliphatic heterocycles. The second kappa shape index (κ2) is 4.97. The number of tetrazole rings is 1. The van der Waals surface area contributed by atoms with Crippen LogP contribution in [0.25, 0.3) is 10.8 Å². The summed E-state index contributed by atoms with van der Waals surface area (Å²) in [6, 6.07) is 14.5. The molecule has 0 saturated heterocycles. The Morgan fingerprint density at radius 1 is 1.16 bits per heavy atom. The van der Waals surface area contributed by atoms with Crippen molar-refractivity contribution in [2.45, 2.75) is 18.8 Å². The third kappa shape index (κ3) is 2.31. The lowest BCUT2D eigenvalue weighted by Crippen LogP contribution is -2.08. The molecule has 0 fully saturated rings. The quantitative estimate of drug-likeness (QED) is 0.688. The summed E-state index contributed by atoms with van der Waals surface area (Å²) < 4.78 is 1.75. The lowest BCUT2D eigenvalue weighted by atomic mass is 10.0. The molecule has 96 valence electrons. The van der Waals surface area contributed by atoms with Crippen LogP contribution >= 0.6 is 11.6 Å². The average Bonchev–Trinajstić information content (AvgIpc) is 2.87. The van der Waals surface area contributed by atoms with Gasteiger partial charge in [-0.15, -0.1) is 16.7 Å². The Morgan fingerprint density at radius 2 is 1.95 bits per heavy atom. The number of aromatic nitrogens is 4. The maximum Gasteiger partial charge on any atom is 0.169 e. The molecule has 0 spiro atoms. The summed E-state index contributed by atoms with van der Waals surface area (Å²) in [4.78, 5) is 0. The van der Waals surface area contributed by atoms with Gasteiger partial charge in [0.1, 0.15) is 0 Å². The van der Waals surface area contributed by atoms with Crippen molar-refractivity contribution in [2.75, 3.05) is 0 Å². The van der Waals surface area contributed by atoms with Gasteiger partial charge in [0.15, 0.2) is 5.82 Å². The van der Waals surface area contributed by atoms with E-state index in [2.05, 4.69) is 39.8 Å². The first-order valence-electron chi connectivity index (χ1n) is 6.12. The number of fused-ring (bicyclic) bond motifs is 1. The Hall–Kier alpha value is -1.94. The van der Waals surface area contributed by atoms with Crippen molar-refractivity contribution in [3.05, 3.63) is 53.9 Å². The minimum absolute atomic E-state index is 0.204. The molecule has 0 aliphatic rings. The molecule has 3 aromatic rings. The Labute approximate surface area is 116 Å². The van der Waals surface area contributed by atoms with E-state index >= 15 is 0 Å². The minimum Gasteiger partial charge on any atom is -0.224 e. The molecule has 5 heteroatoms. The lowest BCUT2D eigenvalue weighted by Gasteiger charge is -2.08. The number of alkyl halides is 1. The van der Waals surface area contributed by atoms with E-state index in [1.807, 2.05) is 25.1 Å². The van der Waals surface area contributed by atoms with E-state index in [0.29, 0.717) is 12.4 Å². The van der Waals surface area contributed by atoms with Crippen LogP contribution < -0.4 is 0 Å². The molecule has 0 amide bonds. The molecule has 1 unspecified atom stereocenters. The maximum absolute atomic E-state index is 6.07. The number of halogens is 1. The van der Waals surface area contributed by atoms with Crippen molar-refractivity contribution in [3.63, 3.8) is 0 Å². The molecular formula is C14H13ClN4. The number of hydrogen-bond acceptors (Lipinski definition) is 3. The summed E-state index contributed by atoms with van der Waals surface area (Å²) in [6.45, 7) is 2.49. The first-order chi connectivity index (χ1) is 9.25. The molecule has 3 rings (SSSR count). The molecule has 0 radical (unpaired) electrons. The molecule has 0 N–H and O–H groups in total. The average molecular weight is 273 g/mol. The Morgan fingerprint density at radius 3 is 2.79 bits per heavy atom. The molecule has 0 saturated carbocycles. The molecule has 2 aromatic carbocycles. The van der Waals surface area contributed by atoms with Crippen molar-refractivity contribution in [2.24, 2.45) is 0 Å². The van der Waals surface area contributed by atoms with E-state index in [-0.39, 0.29) is 5.38 Å². The van der Waals surface area contributed by atoms with Gasteiger partial charge in [-0.2, -0.15) is 0 Å². The largest absolute Gasteiger partial charge is 0.224 e. The van der Waals surface area contributed by atoms with Gasteiger partial charge in [-0.05, 0) is 33.7 Å². The number of rotatable bonds is 3. The predicted molar refractivity (Wildman–Crippen MR) is 75.1 cm³/mol. The summed E-state index contributed by atoms with van der Waals surface area (Å²) in [5.74, 6) is 0.689. The SMILES string of the molecule is CC(Cl)c1nnnn1Cc1cccc2ccccc12. The Bertz CT molecular complexity index is 700. The van der Waals surface area contributed by atoms with Crippen LogP contribution in [-0.4, -0.2) is 20.2 Å². The Kier molecular flexibility index (Phi) is 3.17. The third-order valence-electron chi connectivity index (χ3n) is 3.12. The van der Waals surface area contributed by atoms with Gasteiger partial charge in [-0.3, -0.25) is 0 Å². The van der Waals surface area contributed by atoms with Crippen molar-refractivity contribution < 1.29 is 0 Å². The zero-order valence-electron chi connectivity index (χ0n) is 10.5. The first kappa shape index (κ1) is 12.1. The standard InChI is InChI=1S/C14H13ClN4/c1-10(15)14-16-17-18-19(14)9-12-7-4-6-11-5-2-3-8-13(11)12/h2-8,10H,9H2,1H3. The van der Waals surface area contributed by atoms with E-state index in [1.165, 1.54) is 16.3 Å². The van der Waals surface area contributed by atoms with Crippen molar-refractivity contribution in [3.8, 4) is 0 Å². The molecule has 19 heavy (non-hydrogen) atoms. The highest BCUT2D eigenvalue weighted by atomic mass is 35.5. The van der Waals surface area contributed by atoms with Crippen LogP contribution in [0.4, 0.5) is 0 Å². The van der Waals surface area contributed by atoms with Crippen LogP contribution in [0.15, 0.2) is 42.5 Å². The number of hydrogen-bond donors (Lipinski definition) is 0. The fraction of sp³-hybridized carbons (Fsp3) is 0.214. The van der Waals surface area contributed by atoms with Gasteiger partial charge < -0.3 is 0 Å². The van der Waals surface area contributed by atoms with E-state index in [1.54, 1.807) is 4.68 Å².